The summed E-state index contributed by atoms with van der Waals surface area (Å²) in [6.07, 6.45) is 0. The maximum absolute atomic E-state index is 10.8. The topological polar surface area (TPSA) is 86.3 Å². The van der Waals surface area contributed by atoms with Gasteiger partial charge in [-0.15, -0.1) is 0 Å². The Morgan fingerprint density at radius 3 is 2.15 bits per heavy atom. The van der Waals surface area contributed by atoms with E-state index in [1.807, 2.05) is 5.32 Å². The van der Waals surface area contributed by atoms with Gasteiger partial charge in [-0.05, 0) is 13.8 Å². The van der Waals surface area contributed by atoms with E-state index in [2.05, 4.69) is 6.58 Å². The molecule has 0 fully saturated rings. The number of amides is 1. The molecule has 0 saturated carbocycles. The van der Waals surface area contributed by atoms with Crippen molar-refractivity contribution < 1.29 is 69.1 Å². The van der Waals surface area contributed by atoms with Crippen LogP contribution in [0.15, 0.2) is 12.2 Å². The van der Waals surface area contributed by atoms with Gasteiger partial charge < -0.3 is 9.87 Å². The van der Waals surface area contributed by atoms with E-state index in [-0.39, 0.29) is 57.0 Å². The smallest absolute Gasteiger partial charge is 0.746 e. The van der Waals surface area contributed by atoms with Gasteiger partial charge in [0, 0.05) is 5.57 Å². The van der Waals surface area contributed by atoms with Gasteiger partial charge in [-0.2, -0.15) is 0 Å². The molecule has 0 aromatic heterocycles. The Balaban J connectivity index is 0. The number of carbonyl (C=O) groups excluding carboxylic acids is 1. The predicted octanol–water partition coefficient (Wildman–Crippen LogP) is -3.43. The van der Waals surface area contributed by atoms with Gasteiger partial charge >= 0.3 is 51.4 Å². The standard InChI is InChI=1S/C6H11NO4S.K/c1-4(2)6(8)7-5(3)12(9,10)11;/h5H,1H2,2-3H3,(H,7,8)(H,9,10,11);/q;+1/p-1. The molecule has 1 atom stereocenters. The summed E-state index contributed by atoms with van der Waals surface area (Å²) >= 11 is 0. The van der Waals surface area contributed by atoms with Crippen molar-refractivity contribution in [1.29, 1.82) is 0 Å². The average Bonchev–Trinajstić information content (AvgIpc) is 1.85. The molecular formula is C6H10KNO4S. The zero-order valence-corrected chi connectivity index (χ0v) is 11.8. The van der Waals surface area contributed by atoms with Crippen LogP contribution in [0.5, 0.6) is 0 Å². The minimum absolute atomic E-state index is 0. The molecule has 1 unspecified atom stereocenters. The molecule has 13 heavy (non-hydrogen) atoms. The van der Waals surface area contributed by atoms with E-state index < -0.39 is 21.4 Å². The molecule has 5 nitrogen and oxygen atoms in total. The Kier molecular flexibility index (Phi) is 7.82. The molecule has 0 spiro atoms. The van der Waals surface area contributed by atoms with Crippen LogP contribution in [-0.2, 0) is 14.9 Å². The van der Waals surface area contributed by atoms with Crippen molar-refractivity contribution >= 4 is 16.0 Å². The Hall–Kier alpha value is 0.756. The summed E-state index contributed by atoms with van der Waals surface area (Å²) in [7, 11) is -4.45. The van der Waals surface area contributed by atoms with E-state index in [1.54, 1.807) is 0 Å². The van der Waals surface area contributed by atoms with Crippen molar-refractivity contribution in [2.45, 2.75) is 19.2 Å². The van der Waals surface area contributed by atoms with E-state index in [0.29, 0.717) is 0 Å². The molecule has 0 rings (SSSR count). The van der Waals surface area contributed by atoms with Crippen LogP contribution in [0.3, 0.4) is 0 Å². The molecule has 1 amide bonds. The summed E-state index contributed by atoms with van der Waals surface area (Å²) in [6.45, 7) is 5.80. The molecule has 0 aliphatic carbocycles. The molecule has 0 saturated heterocycles. The number of nitrogens with one attached hydrogen (secondary N) is 1. The minimum atomic E-state index is -4.45. The Morgan fingerprint density at radius 1 is 1.54 bits per heavy atom. The predicted molar refractivity (Wildman–Crippen MR) is 42.1 cm³/mol. The van der Waals surface area contributed by atoms with Crippen LogP contribution in [0.4, 0.5) is 0 Å². The first kappa shape index (κ1) is 16.2. The fraction of sp³-hybridized carbons (Fsp3) is 0.500. The van der Waals surface area contributed by atoms with Gasteiger partial charge in [-0.3, -0.25) is 4.79 Å². The molecule has 7 heteroatoms. The number of hydrogen-bond acceptors (Lipinski definition) is 4. The third kappa shape index (κ3) is 6.78. The first-order chi connectivity index (χ1) is 5.25. The summed E-state index contributed by atoms with van der Waals surface area (Å²) in [5.74, 6) is -0.637. The van der Waals surface area contributed by atoms with Crippen LogP contribution in [-0.4, -0.2) is 24.3 Å². The number of rotatable bonds is 3. The van der Waals surface area contributed by atoms with E-state index >= 15 is 0 Å². The fourth-order valence-electron chi connectivity index (χ4n) is 0.380. The van der Waals surface area contributed by atoms with Gasteiger partial charge in [0.05, 0.1) is 0 Å². The average molecular weight is 231 g/mol. The van der Waals surface area contributed by atoms with Gasteiger partial charge in [0.15, 0.2) is 0 Å². The normalized spacial score (nSPS) is 12.5. The summed E-state index contributed by atoms with van der Waals surface area (Å²) in [4.78, 5) is 10.8. The van der Waals surface area contributed by atoms with Crippen LogP contribution in [0.1, 0.15) is 13.8 Å². The van der Waals surface area contributed by atoms with E-state index in [0.717, 1.165) is 6.92 Å². The molecule has 0 aromatic carbocycles. The second kappa shape index (κ2) is 6.28. The van der Waals surface area contributed by atoms with Crippen molar-refractivity contribution in [2.24, 2.45) is 0 Å². The molecule has 0 aromatic rings. The fourth-order valence-corrected chi connectivity index (χ4v) is 0.631. The largest absolute Gasteiger partial charge is 1.00 e. The zero-order chi connectivity index (χ0) is 9.94. The Labute approximate surface area is 120 Å². The zero-order valence-electron chi connectivity index (χ0n) is 7.83. The monoisotopic (exact) mass is 231 g/mol. The van der Waals surface area contributed by atoms with Gasteiger partial charge in [0.25, 0.3) is 0 Å². The Bertz CT molecular complexity index is 298. The summed E-state index contributed by atoms with van der Waals surface area (Å²) in [5.41, 5.74) is 0.158. The molecule has 1 N–H and O–H groups in total. The molecule has 0 radical (unpaired) electrons. The minimum Gasteiger partial charge on any atom is -0.746 e. The van der Waals surface area contributed by atoms with Gasteiger partial charge in [0.1, 0.15) is 15.5 Å². The maximum Gasteiger partial charge on any atom is 1.00 e. The molecular weight excluding hydrogens is 221 g/mol. The van der Waals surface area contributed by atoms with Crippen molar-refractivity contribution in [3.8, 4) is 0 Å². The SMILES string of the molecule is C=C(C)C(=O)NC(C)S(=O)(=O)[O-].[K+]. The van der Waals surface area contributed by atoms with Crippen LogP contribution in [0, 0.1) is 0 Å². The van der Waals surface area contributed by atoms with Gasteiger partial charge in [-0.1, -0.05) is 6.58 Å². The number of hydrogen-bond donors (Lipinski definition) is 1. The second-order valence-corrected chi connectivity index (χ2v) is 4.08. The summed E-state index contributed by atoms with van der Waals surface area (Å²) in [5, 5.41) is 0.565. The van der Waals surface area contributed by atoms with Crippen molar-refractivity contribution in [3.63, 3.8) is 0 Å². The summed E-state index contributed by atoms with van der Waals surface area (Å²) in [6, 6.07) is 0. The van der Waals surface area contributed by atoms with Gasteiger partial charge in [-0.25, -0.2) is 8.42 Å². The third-order valence-corrected chi connectivity index (χ3v) is 2.14. The molecule has 70 valence electrons. The van der Waals surface area contributed by atoms with Crippen LogP contribution in [0.2, 0.25) is 0 Å². The number of carbonyl (C=O) groups is 1. The first-order valence-electron chi connectivity index (χ1n) is 3.16. The van der Waals surface area contributed by atoms with Crippen LogP contribution >= 0.6 is 0 Å². The van der Waals surface area contributed by atoms with E-state index in [4.69, 9.17) is 0 Å². The van der Waals surface area contributed by atoms with Crippen LogP contribution < -0.4 is 56.7 Å². The molecule has 0 aliphatic rings. The van der Waals surface area contributed by atoms with Crippen LogP contribution in [0.25, 0.3) is 0 Å². The molecule has 0 aliphatic heterocycles. The Morgan fingerprint density at radius 2 is 1.92 bits per heavy atom. The van der Waals surface area contributed by atoms with Crippen molar-refractivity contribution in [2.75, 3.05) is 0 Å². The van der Waals surface area contributed by atoms with Crippen molar-refractivity contribution in [3.05, 3.63) is 12.2 Å². The van der Waals surface area contributed by atoms with E-state index in [1.165, 1.54) is 6.92 Å². The van der Waals surface area contributed by atoms with E-state index in [9.17, 15) is 17.8 Å². The second-order valence-electron chi connectivity index (χ2n) is 2.39. The van der Waals surface area contributed by atoms with Crippen molar-refractivity contribution in [1.82, 2.24) is 5.32 Å². The third-order valence-electron chi connectivity index (χ3n) is 1.15. The quantitative estimate of drug-likeness (QED) is 0.311. The molecule has 0 bridgehead atoms. The first-order valence-corrected chi connectivity index (χ1v) is 4.63. The molecule has 0 heterocycles. The summed E-state index contributed by atoms with van der Waals surface area (Å²) < 4.78 is 30.9. The maximum atomic E-state index is 10.8. The van der Waals surface area contributed by atoms with Gasteiger partial charge in [0.2, 0.25) is 5.91 Å².